The van der Waals surface area contributed by atoms with Gasteiger partial charge in [-0.25, -0.2) is 4.39 Å². The first kappa shape index (κ1) is 17.3. The van der Waals surface area contributed by atoms with Crippen molar-refractivity contribution in [3.8, 4) is 0 Å². The van der Waals surface area contributed by atoms with Gasteiger partial charge in [0, 0.05) is 32.6 Å². The van der Waals surface area contributed by atoms with Gasteiger partial charge in [0.1, 0.15) is 5.82 Å². The molecule has 3 rings (SSSR count). The van der Waals surface area contributed by atoms with Crippen molar-refractivity contribution in [3.63, 3.8) is 0 Å². The van der Waals surface area contributed by atoms with Crippen molar-refractivity contribution in [2.24, 2.45) is 0 Å². The summed E-state index contributed by atoms with van der Waals surface area (Å²) in [6.07, 6.45) is 2.01. The highest BCUT2D eigenvalue weighted by atomic mass is 19.1. The van der Waals surface area contributed by atoms with Crippen molar-refractivity contribution in [3.05, 3.63) is 53.5 Å². The van der Waals surface area contributed by atoms with Gasteiger partial charge in [0.05, 0.1) is 5.69 Å². The maximum absolute atomic E-state index is 12.9. The number of hydrogen-bond acceptors (Lipinski definition) is 4. The van der Waals surface area contributed by atoms with E-state index in [9.17, 15) is 9.18 Å². The minimum absolute atomic E-state index is 0.154. The molecule has 1 amide bonds. The summed E-state index contributed by atoms with van der Waals surface area (Å²) in [5, 5.41) is 8.35. The monoisotopic (exact) mass is 342 g/mol. The van der Waals surface area contributed by atoms with Crippen molar-refractivity contribution in [2.45, 2.75) is 26.2 Å². The van der Waals surface area contributed by atoms with E-state index in [0.29, 0.717) is 19.4 Å². The molecular formula is C19H23FN4O. The zero-order valence-corrected chi connectivity index (χ0v) is 14.5. The van der Waals surface area contributed by atoms with Crippen LogP contribution in [-0.4, -0.2) is 47.2 Å². The molecule has 0 atom stereocenters. The van der Waals surface area contributed by atoms with Gasteiger partial charge in [0.2, 0.25) is 5.91 Å². The van der Waals surface area contributed by atoms with Crippen LogP contribution in [0.5, 0.6) is 0 Å². The number of benzene rings is 1. The SMILES string of the molecule is Cc1ccc(N2CCCN(C(=O)CCc3ccc(F)cc3)CC2)nn1. The van der Waals surface area contributed by atoms with E-state index in [1.54, 1.807) is 12.1 Å². The first-order valence-corrected chi connectivity index (χ1v) is 8.69. The van der Waals surface area contributed by atoms with Crippen molar-refractivity contribution >= 4 is 11.7 Å². The molecule has 1 aromatic carbocycles. The zero-order valence-electron chi connectivity index (χ0n) is 14.5. The van der Waals surface area contributed by atoms with Gasteiger partial charge >= 0.3 is 0 Å². The molecule has 0 N–H and O–H groups in total. The van der Waals surface area contributed by atoms with Gasteiger partial charge in [-0.2, -0.15) is 5.10 Å². The average molecular weight is 342 g/mol. The second kappa shape index (κ2) is 8.05. The molecule has 1 fully saturated rings. The first-order valence-electron chi connectivity index (χ1n) is 8.69. The van der Waals surface area contributed by atoms with E-state index >= 15 is 0 Å². The van der Waals surface area contributed by atoms with Crippen molar-refractivity contribution < 1.29 is 9.18 Å². The number of nitrogens with zero attached hydrogens (tertiary/aromatic N) is 4. The minimum Gasteiger partial charge on any atom is -0.353 e. The molecule has 0 radical (unpaired) electrons. The number of aromatic nitrogens is 2. The summed E-state index contributed by atoms with van der Waals surface area (Å²) in [4.78, 5) is 16.6. The van der Waals surface area contributed by atoms with Gasteiger partial charge in [0.15, 0.2) is 5.82 Å². The minimum atomic E-state index is -0.248. The van der Waals surface area contributed by atoms with Crippen LogP contribution in [0.15, 0.2) is 36.4 Å². The third-order valence-corrected chi connectivity index (χ3v) is 4.50. The summed E-state index contributed by atoms with van der Waals surface area (Å²) in [7, 11) is 0. The van der Waals surface area contributed by atoms with Crippen LogP contribution >= 0.6 is 0 Å². The maximum Gasteiger partial charge on any atom is 0.222 e. The van der Waals surface area contributed by atoms with Crippen LogP contribution in [0.1, 0.15) is 24.1 Å². The van der Waals surface area contributed by atoms with Crippen LogP contribution in [0.2, 0.25) is 0 Å². The van der Waals surface area contributed by atoms with E-state index in [1.807, 2.05) is 24.0 Å². The van der Waals surface area contributed by atoms with Gasteiger partial charge in [-0.1, -0.05) is 12.1 Å². The van der Waals surface area contributed by atoms with Gasteiger partial charge in [0.25, 0.3) is 0 Å². The molecule has 1 aliphatic rings. The molecule has 2 aromatic rings. The number of carbonyl (C=O) groups excluding carboxylic acids is 1. The summed E-state index contributed by atoms with van der Waals surface area (Å²) in [5.74, 6) is 0.772. The summed E-state index contributed by atoms with van der Waals surface area (Å²) in [6, 6.07) is 10.3. The molecule has 1 aromatic heterocycles. The van der Waals surface area contributed by atoms with Gasteiger partial charge < -0.3 is 9.80 Å². The molecule has 1 saturated heterocycles. The Morgan fingerprint density at radius 2 is 1.84 bits per heavy atom. The highest BCUT2D eigenvalue weighted by molar-refractivity contribution is 5.76. The molecule has 2 heterocycles. The fourth-order valence-electron chi connectivity index (χ4n) is 3.02. The fraction of sp³-hybridized carbons (Fsp3) is 0.421. The highest BCUT2D eigenvalue weighted by Gasteiger charge is 2.19. The van der Waals surface area contributed by atoms with E-state index in [2.05, 4.69) is 15.1 Å². The predicted molar refractivity (Wildman–Crippen MR) is 94.9 cm³/mol. The topological polar surface area (TPSA) is 49.3 Å². The highest BCUT2D eigenvalue weighted by Crippen LogP contribution is 2.14. The van der Waals surface area contributed by atoms with Crippen molar-refractivity contribution in [1.29, 1.82) is 0 Å². The van der Waals surface area contributed by atoms with Gasteiger partial charge in [-0.05, 0) is 49.6 Å². The summed E-state index contributed by atoms with van der Waals surface area (Å²) >= 11 is 0. The number of amides is 1. The van der Waals surface area contributed by atoms with Crippen LogP contribution in [0, 0.1) is 12.7 Å². The standard InChI is InChI=1S/C19H23FN4O/c1-15-3-9-18(22-21-15)23-11-2-12-24(14-13-23)19(25)10-6-16-4-7-17(20)8-5-16/h3-5,7-9H,2,6,10-14H2,1H3. The number of anilines is 1. The Hall–Kier alpha value is -2.50. The number of aryl methyl sites for hydroxylation is 2. The largest absolute Gasteiger partial charge is 0.353 e. The molecule has 0 saturated carbocycles. The molecule has 25 heavy (non-hydrogen) atoms. The number of hydrogen-bond donors (Lipinski definition) is 0. The molecule has 0 unspecified atom stereocenters. The molecular weight excluding hydrogens is 319 g/mol. The summed E-state index contributed by atoms with van der Waals surface area (Å²) in [5.41, 5.74) is 1.89. The Labute approximate surface area is 147 Å². The van der Waals surface area contributed by atoms with Crippen molar-refractivity contribution in [2.75, 3.05) is 31.1 Å². The Balaban J connectivity index is 1.52. The molecule has 0 bridgehead atoms. The molecule has 1 aliphatic heterocycles. The third kappa shape index (κ3) is 4.75. The molecule has 6 heteroatoms. The zero-order chi connectivity index (χ0) is 17.6. The number of rotatable bonds is 4. The lowest BCUT2D eigenvalue weighted by Crippen LogP contribution is -2.35. The number of halogens is 1. The lowest BCUT2D eigenvalue weighted by molar-refractivity contribution is -0.130. The smallest absolute Gasteiger partial charge is 0.222 e. The Bertz CT molecular complexity index is 702. The average Bonchev–Trinajstić information content (AvgIpc) is 2.88. The molecule has 132 valence electrons. The van der Waals surface area contributed by atoms with Crippen LogP contribution in [-0.2, 0) is 11.2 Å². The van der Waals surface area contributed by atoms with E-state index in [1.165, 1.54) is 12.1 Å². The summed E-state index contributed by atoms with van der Waals surface area (Å²) in [6.45, 7) is 5.01. The first-order chi connectivity index (χ1) is 12.1. The van der Waals surface area contributed by atoms with E-state index < -0.39 is 0 Å². The Morgan fingerprint density at radius 3 is 2.56 bits per heavy atom. The fourth-order valence-corrected chi connectivity index (χ4v) is 3.02. The van der Waals surface area contributed by atoms with Crippen LogP contribution in [0.3, 0.4) is 0 Å². The van der Waals surface area contributed by atoms with E-state index in [0.717, 1.165) is 43.1 Å². The van der Waals surface area contributed by atoms with Crippen LogP contribution in [0.25, 0.3) is 0 Å². The molecule has 5 nitrogen and oxygen atoms in total. The quantitative estimate of drug-likeness (QED) is 0.857. The van der Waals surface area contributed by atoms with Crippen LogP contribution in [0.4, 0.5) is 10.2 Å². The van der Waals surface area contributed by atoms with Gasteiger partial charge in [-0.3, -0.25) is 4.79 Å². The predicted octanol–water partition coefficient (Wildman–Crippen LogP) is 2.60. The Kier molecular flexibility index (Phi) is 5.58. The van der Waals surface area contributed by atoms with E-state index in [4.69, 9.17) is 0 Å². The van der Waals surface area contributed by atoms with Crippen molar-refractivity contribution in [1.82, 2.24) is 15.1 Å². The molecule has 0 aliphatic carbocycles. The number of carbonyl (C=O) groups is 1. The van der Waals surface area contributed by atoms with Gasteiger partial charge in [-0.15, -0.1) is 5.10 Å². The normalized spacial score (nSPS) is 15.1. The second-order valence-electron chi connectivity index (χ2n) is 6.38. The van der Waals surface area contributed by atoms with Crippen LogP contribution < -0.4 is 4.90 Å². The lowest BCUT2D eigenvalue weighted by Gasteiger charge is -2.22. The lowest BCUT2D eigenvalue weighted by atomic mass is 10.1. The summed E-state index contributed by atoms with van der Waals surface area (Å²) < 4.78 is 12.9. The molecule has 0 spiro atoms. The second-order valence-corrected chi connectivity index (χ2v) is 6.38. The maximum atomic E-state index is 12.9. The third-order valence-electron chi connectivity index (χ3n) is 4.50. The Morgan fingerprint density at radius 1 is 1.04 bits per heavy atom. The van der Waals surface area contributed by atoms with E-state index in [-0.39, 0.29) is 11.7 Å².